The van der Waals surface area contributed by atoms with Crippen molar-refractivity contribution in [3.05, 3.63) is 0 Å². The van der Waals surface area contributed by atoms with E-state index in [0.29, 0.717) is 0 Å². The molecule has 0 spiro atoms. The first kappa shape index (κ1) is 13.8. The number of halogens is 4. The summed E-state index contributed by atoms with van der Waals surface area (Å²) >= 11 is 23.7. The van der Waals surface area contributed by atoms with Crippen molar-refractivity contribution >= 4 is 64.6 Å². The summed E-state index contributed by atoms with van der Waals surface area (Å²) in [6, 6.07) is 0. The smallest absolute Gasteiger partial charge is 0.179 e. The van der Waals surface area contributed by atoms with E-state index < -0.39 is 19.7 Å². The van der Waals surface area contributed by atoms with Crippen molar-refractivity contribution in [2.75, 3.05) is 0 Å². The van der Waals surface area contributed by atoms with Crippen molar-refractivity contribution in [3.8, 4) is 0 Å². The van der Waals surface area contributed by atoms with Crippen LogP contribution in [-0.2, 0) is 0 Å². The van der Waals surface area contributed by atoms with Gasteiger partial charge in [0.15, 0.2) is 5.16 Å². The predicted octanol–water partition coefficient (Wildman–Crippen LogP) is 7.23. The molecular weight excluding hydrogens is 325 g/mol. The Morgan fingerprint density at radius 2 is 1.50 bits per heavy atom. The maximum absolute atomic E-state index is 5.92. The van der Waals surface area contributed by atoms with Gasteiger partial charge in [0.2, 0.25) is 0 Å². The van der Waals surface area contributed by atoms with E-state index in [2.05, 4.69) is 13.5 Å². The highest BCUT2D eigenvalue weighted by atomic mass is 35.9. The highest BCUT2D eigenvalue weighted by molar-refractivity contribution is 8.20. The molecule has 0 aliphatic carbocycles. The normalized spacial score (nSPS) is 27.2. The zero-order valence-electron chi connectivity index (χ0n) is 7.70. The third-order valence-corrected chi connectivity index (χ3v) is 12.1. The predicted molar refractivity (Wildman–Crippen MR) is 71.2 cm³/mol. The summed E-state index contributed by atoms with van der Waals surface area (Å²) in [6.07, 6.45) is 0. The summed E-state index contributed by atoms with van der Waals surface area (Å²) in [5.74, 6) is -5.39. The zero-order chi connectivity index (χ0) is 11.2. The van der Waals surface area contributed by atoms with Crippen LogP contribution in [0.3, 0.4) is 0 Å². The molecule has 0 saturated heterocycles. The van der Waals surface area contributed by atoms with Gasteiger partial charge < -0.3 is 0 Å². The molecule has 0 fully saturated rings. The number of nitrogens with zero attached hydrogens (tertiary/aromatic N) is 3. The standard InChI is InChI=1S/C4H9Cl4N3P3/c1-4(2,3)12-9-13(5,6)11-14(7,8)10-12/h1-3H3/q+1. The van der Waals surface area contributed by atoms with E-state index >= 15 is 0 Å². The molecule has 1 atom stereocenters. The quantitative estimate of drug-likeness (QED) is 0.419. The Labute approximate surface area is 104 Å². The minimum Gasteiger partial charge on any atom is -0.179 e. The van der Waals surface area contributed by atoms with Crippen LogP contribution in [0.1, 0.15) is 20.8 Å². The number of hydrogen-bond acceptors (Lipinski definition) is 3. The van der Waals surface area contributed by atoms with Gasteiger partial charge in [0.1, 0.15) is 0 Å². The second kappa shape index (κ2) is 4.19. The molecule has 1 unspecified atom stereocenters. The number of hydrogen-bond donors (Lipinski definition) is 0. The van der Waals surface area contributed by atoms with Gasteiger partial charge in [-0.2, -0.15) is 4.52 Å². The fraction of sp³-hybridized carbons (Fsp3) is 1.00. The number of rotatable bonds is 0. The lowest BCUT2D eigenvalue weighted by atomic mass is 10.3. The molecule has 0 aromatic rings. The van der Waals surface area contributed by atoms with Crippen LogP contribution in [0.25, 0.3) is 0 Å². The molecule has 0 aromatic heterocycles. The molecule has 0 aromatic carbocycles. The van der Waals surface area contributed by atoms with Gasteiger partial charge in [-0.1, -0.05) is 0 Å². The van der Waals surface area contributed by atoms with Gasteiger partial charge in [-0.15, -0.1) is 0 Å². The van der Waals surface area contributed by atoms with E-state index in [1.165, 1.54) is 0 Å². The minimum atomic E-state index is -2.70. The van der Waals surface area contributed by atoms with E-state index in [1.54, 1.807) is 0 Å². The first-order valence-electron chi connectivity index (χ1n) is 3.60. The zero-order valence-corrected chi connectivity index (χ0v) is 13.4. The Morgan fingerprint density at radius 1 is 1.00 bits per heavy atom. The van der Waals surface area contributed by atoms with E-state index in [-0.39, 0.29) is 5.16 Å². The van der Waals surface area contributed by atoms with Crippen molar-refractivity contribution in [1.82, 2.24) is 0 Å². The van der Waals surface area contributed by atoms with Gasteiger partial charge in [-0.3, -0.25) is 0 Å². The van der Waals surface area contributed by atoms with E-state index in [0.717, 1.165) is 0 Å². The molecule has 0 amide bonds. The monoisotopic (exact) mass is 332 g/mol. The maximum atomic E-state index is 5.92. The maximum Gasteiger partial charge on any atom is 0.362 e. The van der Waals surface area contributed by atoms with Crippen LogP contribution in [0.5, 0.6) is 0 Å². The second-order valence-electron chi connectivity index (χ2n) is 3.64. The minimum absolute atomic E-state index is 0.130. The lowest BCUT2D eigenvalue weighted by Gasteiger charge is -2.12. The highest BCUT2D eigenvalue weighted by Crippen LogP contribution is 2.82. The average molecular weight is 334 g/mol. The Kier molecular flexibility index (Phi) is 4.12. The summed E-state index contributed by atoms with van der Waals surface area (Å²) in [5, 5.41) is -0.130. The van der Waals surface area contributed by atoms with Crippen LogP contribution in [0, 0.1) is 0 Å². The first-order chi connectivity index (χ1) is 6.02. The third-order valence-electron chi connectivity index (χ3n) is 1.20. The van der Waals surface area contributed by atoms with E-state index in [4.69, 9.17) is 45.0 Å². The van der Waals surface area contributed by atoms with Gasteiger partial charge in [0.25, 0.3) is 0 Å². The third kappa shape index (κ3) is 3.95. The van der Waals surface area contributed by atoms with E-state index in [9.17, 15) is 0 Å². The van der Waals surface area contributed by atoms with Crippen molar-refractivity contribution < 1.29 is 0 Å². The topological polar surface area (TPSA) is 37.1 Å². The Hall–Kier alpha value is 1.72. The van der Waals surface area contributed by atoms with Crippen molar-refractivity contribution in [2.24, 2.45) is 13.5 Å². The van der Waals surface area contributed by atoms with Crippen molar-refractivity contribution in [1.29, 1.82) is 0 Å². The molecule has 14 heavy (non-hydrogen) atoms. The molecule has 0 saturated carbocycles. The van der Waals surface area contributed by atoms with Gasteiger partial charge in [-0.05, 0) is 74.8 Å². The fourth-order valence-corrected chi connectivity index (χ4v) is 13.9. The van der Waals surface area contributed by atoms with Crippen LogP contribution in [-0.4, -0.2) is 5.16 Å². The van der Waals surface area contributed by atoms with Crippen molar-refractivity contribution in [2.45, 2.75) is 25.9 Å². The lowest BCUT2D eigenvalue weighted by molar-refractivity contribution is 0.789. The van der Waals surface area contributed by atoms with E-state index in [1.807, 2.05) is 20.8 Å². The molecule has 1 aliphatic heterocycles. The molecule has 0 N–H and O–H groups in total. The van der Waals surface area contributed by atoms with Crippen LogP contribution in [0.2, 0.25) is 0 Å². The largest absolute Gasteiger partial charge is 0.362 e. The van der Waals surface area contributed by atoms with Crippen molar-refractivity contribution in [3.63, 3.8) is 0 Å². The summed E-state index contributed by atoms with van der Waals surface area (Å²) in [5.41, 5.74) is 0. The average Bonchev–Trinajstić information content (AvgIpc) is 1.76. The van der Waals surface area contributed by atoms with Crippen LogP contribution >= 0.6 is 64.6 Å². The second-order valence-corrected chi connectivity index (χ2v) is 16.2. The molecule has 1 rings (SSSR count). The molecule has 1 heterocycles. The first-order valence-corrected chi connectivity index (χ1v) is 11.9. The Balaban J connectivity index is 3.35. The van der Waals surface area contributed by atoms with Crippen LogP contribution in [0.4, 0.5) is 0 Å². The van der Waals surface area contributed by atoms with Crippen LogP contribution < -0.4 is 0 Å². The summed E-state index contributed by atoms with van der Waals surface area (Å²) < 4.78 is 12.3. The van der Waals surface area contributed by atoms with Gasteiger partial charge >= 0.3 is 19.7 Å². The molecule has 82 valence electrons. The van der Waals surface area contributed by atoms with Gasteiger partial charge in [-0.25, -0.2) is 0 Å². The van der Waals surface area contributed by atoms with Gasteiger partial charge in [0, 0.05) is 0 Å². The van der Waals surface area contributed by atoms with Crippen LogP contribution in [0.15, 0.2) is 13.5 Å². The SMILES string of the molecule is CC(C)(C)[P+]1=NP(Cl)(Cl)=NP(Cl)(Cl)=N1. The Morgan fingerprint density at radius 3 is 1.86 bits per heavy atom. The molecule has 0 radical (unpaired) electrons. The summed E-state index contributed by atoms with van der Waals surface area (Å²) in [4.78, 5) is 0. The molecular formula is C4H9Cl4N3P3+. The molecule has 1 aliphatic rings. The Bertz CT molecular complexity index is 376. The summed E-state index contributed by atoms with van der Waals surface area (Å²) in [6.45, 7) is 6.00. The lowest BCUT2D eigenvalue weighted by Crippen LogP contribution is -2.05. The summed E-state index contributed by atoms with van der Waals surface area (Å²) in [7, 11) is -1.06. The van der Waals surface area contributed by atoms with Gasteiger partial charge in [0.05, 0.1) is 0 Å². The molecule has 10 heteroatoms. The highest BCUT2D eigenvalue weighted by Gasteiger charge is 2.41. The molecule has 0 bridgehead atoms. The molecule has 3 nitrogen and oxygen atoms in total. The fourth-order valence-electron chi connectivity index (χ4n) is 0.655.